The maximum absolute atomic E-state index is 13.3. The Labute approximate surface area is 251 Å². The zero-order chi connectivity index (χ0) is 28.8. The Balaban J connectivity index is 1.34. The molecule has 0 amide bonds. The first-order chi connectivity index (χ1) is 19.1. The van der Waals surface area contributed by atoms with Gasteiger partial charge in [-0.25, -0.2) is 0 Å². The van der Waals surface area contributed by atoms with E-state index in [1.54, 1.807) is 0 Å². The second-order valence-electron chi connectivity index (χ2n) is 10.2. The van der Waals surface area contributed by atoms with Gasteiger partial charge in [-0.15, -0.1) is 23.5 Å². The number of unbranched alkanes of at least 4 members (excludes halogenated alkanes) is 1. The van der Waals surface area contributed by atoms with Crippen molar-refractivity contribution >= 4 is 57.0 Å². The number of phenols is 2. The van der Waals surface area contributed by atoms with E-state index >= 15 is 0 Å². The van der Waals surface area contributed by atoms with E-state index in [2.05, 4.69) is 34.1 Å². The minimum absolute atomic E-state index is 0.000976. The number of rotatable bonds is 10. The largest absolute Gasteiger partial charge is 0.507 e. The van der Waals surface area contributed by atoms with Gasteiger partial charge in [0, 0.05) is 28.1 Å². The highest BCUT2D eigenvalue weighted by molar-refractivity contribution is 9.10. The van der Waals surface area contributed by atoms with Gasteiger partial charge < -0.3 is 14.9 Å². The van der Waals surface area contributed by atoms with Crippen LogP contribution in [0.4, 0.5) is 0 Å². The second kappa shape index (κ2) is 13.9. The lowest BCUT2D eigenvalue weighted by Crippen LogP contribution is -2.29. The van der Waals surface area contributed by atoms with Crippen molar-refractivity contribution < 1.29 is 29.3 Å². The van der Waals surface area contributed by atoms with Crippen LogP contribution in [0.2, 0.25) is 0 Å². The molecule has 212 valence electrons. The van der Waals surface area contributed by atoms with E-state index < -0.39 is 29.4 Å². The zero-order valence-corrected chi connectivity index (χ0v) is 25.7. The molecule has 2 aromatic carbocycles. The van der Waals surface area contributed by atoms with Gasteiger partial charge in [0.2, 0.25) is 0 Å². The van der Waals surface area contributed by atoms with Gasteiger partial charge in [0.25, 0.3) is 0 Å². The molecule has 6 nitrogen and oxygen atoms in total. The summed E-state index contributed by atoms with van der Waals surface area (Å²) in [6.07, 6.45) is 6.14. The summed E-state index contributed by atoms with van der Waals surface area (Å²) in [4.78, 5) is 38.9. The highest BCUT2D eigenvalue weighted by atomic mass is 79.9. The molecule has 3 atom stereocenters. The van der Waals surface area contributed by atoms with Crippen LogP contribution < -0.4 is 0 Å². The molecular weight excluding hydrogens is 612 g/mol. The number of phenolic OH excluding ortho intramolecular Hbond substituents is 2. The molecule has 0 spiro atoms. The van der Waals surface area contributed by atoms with Crippen molar-refractivity contribution in [2.24, 2.45) is 0 Å². The van der Waals surface area contributed by atoms with Crippen LogP contribution in [0.15, 0.2) is 64.2 Å². The van der Waals surface area contributed by atoms with Gasteiger partial charge in [-0.2, -0.15) is 0 Å². The van der Waals surface area contributed by atoms with Crippen LogP contribution in [0.3, 0.4) is 0 Å². The quantitative estimate of drug-likeness (QED) is 0.116. The molecule has 9 heteroatoms. The minimum atomic E-state index is -0.967. The highest BCUT2D eigenvalue weighted by Gasteiger charge is 2.35. The monoisotopic (exact) mass is 644 g/mol. The number of fused-ring (bicyclic) bond motifs is 1. The van der Waals surface area contributed by atoms with Gasteiger partial charge >= 0.3 is 5.97 Å². The number of carbonyl (C=O) groups is 3. The number of allylic oxidation sites excluding steroid dienone is 2. The Morgan fingerprint density at radius 2 is 1.88 bits per heavy atom. The zero-order valence-electron chi connectivity index (χ0n) is 22.5. The van der Waals surface area contributed by atoms with E-state index in [0.717, 1.165) is 41.1 Å². The van der Waals surface area contributed by atoms with Crippen molar-refractivity contribution in [1.82, 2.24) is 0 Å². The molecule has 2 N–H and O–H groups in total. The topological polar surface area (TPSA) is 101 Å². The summed E-state index contributed by atoms with van der Waals surface area (Å²) in [5.41, 5.74) is 1.80. The van der Waals surface area contributed by atoms with E-state index in [9.17, 15) is 24.6 Å². The predicted octanol–water partition coefficient (Wildman–Crippen LogP) is 7.93. The number of ether oxygens (including phenoxy) is 1. The van der Waals surface area contributed by atoms with Gasteiger partial charge in [0.1, 0.15) is 17.6 Å². The summed E-state index contributed by atoms with van der Waals surface area (Å²) in [5.74, 6) is -1.34. The number of aromatic hydroxyl groups is 2. The number of benzene rings is 2. The first kappa shape index (κ1) is 30.5. The molecule has 1 aliphatic carbocycles. The van der Waals surface area contributed by atoms with Gasteiger partial charge in [-0.3, -0.25) is 14.4 Å². The molecule has 2 aromatic rings. The summed E-state index contributed by atoms with van der Waals surface area (Å²) in [6.45, 7) is 3.78. The van der Waals surface area contributed by atoms with Crippen LogP contribution >= 0.6 is 39.5 Å². The van der Waals surface area contributed by atoms with Crippen LogP contribution in [-0.4, -0.2) is 44.9 Å². The first-order valence-corrected chi connectivity index (χ1v) is 16.1. The average molecular weight is 646 g/mol. The van der Waals surface area contributed by atoms with E-state index in [-0.39, 0.29) is 35.3 Å². The van der Waals surface area contributed by atoms with Gasteiger partial charge in [0.05, 0.1) is 15.7 Å². The third-order valence-corrected chi connectivity index (χ3v) is 10.5. The summed E-state index contributed by atoms with van der Waals surface area (Å²) in [5, 5.41) is 20.9. The Morgan fingerprint density at radius 3 is 2.60 bits per heavy atom. The van der Waals surface area contributed by atoms with Gasteiger partial charge in [0.15, 0.2) is 11.6 Å². The number of carbonyl (C=O) groups excluding carboxylic acids is 3. The molecule has 0 radical (unpaired) electrons. The number of thioether (sulfide) groups is 2. The second-order valence-corrected chi connectivity index (χ2v) is 14.0. The predicted molar refractivity (Wildman–Crippen MR) is 164 cm³/mol. The lowest BCUT2D eigenvalue weighted by atomic mass is 9.85. The van der Waals surface area contributed by atoms with Crippen LogP contribution in [0.25, 0.3) is 0 Å². The third kappa shape index (κ3) is 7.62. The Morgan fingerprint density at radius 1 is 1.12 bits per heavy atom. The molecule has 0 bridgehead atoms. The summed E-state index contributed by atoms with van der Waals surface area (Å²) in [7, 11) is 0. The van der Waals surface area contributed by atoms with E-state index in [4.69, 9.17) is 4.74 Å². The number of hydrogen-bond donors (Lipinski definition) is 2. The number of ketones is 2. The summed E-state index contributed by atoms with van der Waals surface area (Å²) in [6, 6.07) is 10.8. The molecule has 1 aliphatic heterocycles. The number of Topliss-reactive ketones (excluding diaryl/α,β-unsaturated/α-hetero) is 1. The van der Waals surface area contributed by atoms with Crippen molar-refractivity contribution in [2.75, 3.05) is 5.75 Å². The average Bonchev–Trinajstić information content (AvgIpc) is 2.92. The van der Waals surface area contributed by atoms with Crippen molar-refractivity contribution in [3.8, 4) is 11.5 Å². The molecule has 1 saturated heterocycles. The first-order valence-electron chi connectivity index (χ1n) is 13.3. The number of hydrogen-bond acceptors (Lipinski definition) is 8. The molecule has 1 unspecified atom stereocenters. The summed E-state index contributed by atoms with van der Waals surface area (Å²) < 4.78 is 7.24. The van der Waals surface area contributed by atoms with Crippen molar-refractivity contribution in [1.29, 1.82) is 0 Å². The lowest BCUT2D eigenvalue weighted by molar-refractivity contribution is -0.147. The highest BCUT2D eigenvalue weighted by Crippen LogP contribution is 2.48. The fourth-order valence-corrected chi connectivity index (χ4v) is 8.62. The number of halogens is 1. The lowest BCUT2D eigenvalue weighted by Gasteiger charge is -2.29. The van der Waals surface area contributed by atoms with Crippen LogP contribution in [0, 0.1) is 0 Å². The maximum atomic E-state index is 13.3. The molecule has 1 fully saturated rings. The normalized spacial score (nSPS) is 19.4. The van der Waals surface area contributed by atoms with E-state index in [0.29, 0.717) is 16.3 Å². The van der Waals surface area contributed by atoms with Crippen molar-refractivity contribution in [2.45, 2.75) is 68.3 Å². The van der Waals surface area contributed by atoms with Gasteiger partial charge in [-0.1, -0.05) is 46.1 Å². The Bertz CT molecular complexity index is 1350. The van der Waals surface area contributed by atoms with Crippen molar-refractivity contribution in [3.05, 3.63) is 80.9 Å². The standard InChI is InChI=1S/C31H33BrO6S2/c1-18(2)10-13-26(22-17-25(35)28-23(33)11-12-24(34)29(28)30(22)37)38-27(36)9-4-3-8-21-14-15-39-31(40-21)19-6-5-7-20(32)16-19/h5-7,10-12,16-17,21,26,31,33-34H,3-4,8-9,13-15H2,1-2H3/t21-,26-,31?/m1/s1. The van der Waals surface area contributed by atoms with E-state index in [1.165, 1.54) is 17.7 Å². The summed E-state index contributed by atoms with van der Waals surface area (Å²) >= 11 is 7.53. The SMILES string of the molecule is CC(C)=CC[C@@H](OC(=O)CCCC[C@@H]1CCSC(c2cccc(Br)c2)S1)C1=CC(=O)c2c(O)ccc(O)c2C1=O. The Hall–Kier alpha value is -2.49. The Kier molecular flexibility index (Phi) is 10.6. The van der Waals surface area contributed by atoms with Crippen LogP contribution in [0.5, 0.6) is 11.5 Å². The third-order valence-electron chi connectivity index (χ3n) is 6.85. The van der Waals surface area contributed by atoms with E-state index in [1.807, 2.05) is 49.5 Å². The van der Waals surface area contributed by atoms with Crippen LogP contribution in [0.1, 0.15) is 83.2 Å². The number of esters is 1. The molecule has 1 heterocycles. The molecule has 2 aliphatic rings. The fourth-order valence-electron chi connectivity index (χ4n) is 4.79. The maximum Gasteiger partial charge on any atom is 0.306 e. The van der Waals surface area contributed by atoms with Crippen molar-refractivity contribution in [3.63, 3.8) is 0 Å². The molecule has 4 rings (SSSR count). The van der Waals surface area contributed by atoms with Crippen LogP contribution in [-0.2, 0) is 9.53 Å². The fraction of sp³-hybridized carbons (Fsp3) is 0.387. The molecular formula is C31H33BrO6S2. The van der Waals surface area contributed by atoms with Gasteiger partial charge in [-0.05, 0) is 74.8 Å². The smallest absolute Gasteiger partial charge is 0.306 e. The molecule has 0 aromatic heterocycles. The minimum Gasteiger partial charge on any atom is -0.507 e. The molecule has 0 saturated carbocycles. The molecule has 40 heavy (non-hydrogen) atoms.